The maximum Gasteiger partial charge on any atom is 0.241 e. The van der Waals surface area contributed by atoms with Crippen LogP contribution in [-0.4, -0.2) is 33.5 Å². The summed E-state index contributed by atoms with van der Waals surface area (Å²) in [5, 5.41) is 3.20. The molecule has 0 aliphatic carbocycles. The fraction of sp³-hybridized carbons (Fsp3) is 0.636. The molecule has 0 amide bonds. The minimum absolute atomic E-state index is 0.418. The first-order valence-corrected chi connectivity index (χ1v) is 9.49. The van der Waals surface area contributed by atoms with Crippen LogP contribution in [0.25, 0.3) is 0 Å². The van der Waals surface area contributed by atoms with Gasteiger partial charge in [-0.15, -0.1) is 11.3 Å². The maximum absolute atomic E-state index is 12.1. The molecule has 1 aromatic rings. The van der Waals surface area contributed by atoms with Gasteiger partial charge >= 0.3 is 0 Å². The molecule has 0 atom stereocenters. The van der Waals surface area contributed by atoms with Crippen LogP contribution in [0.1, 0.15) is 16.7 Å². The summed E-state index contributed by atoms with van der Waals surface area (Å²) in [5.74, 6) is 0.784. The summed E-state index contributed by atoms with van der Waals surface area (Å²) in [6, 6.07) is 1.77. The van der Waals surface area contributed by atoms with E-state index in [1.807, 2.05) is 20.1 Å². The van der Waals surface area contributed by atoms with Crippen LogP contribution < -0.4 is 10.0 Å². The lowest BCUT2D eigenvalue weighted by molar-refractivity contribution is 0.584. The van der Waals surface area contributed by atoms with Crippen molar-refractivity contribution in [2.45, 2.75) is 25.3 Å². The molecule has 0 aromatic carbocycles. The molecule has 0 fully saturated rings. The van der Waals surface area contributed by atoms with E-state index in [0.29, 0.717) is 11.4 Å². The van der Waals surface area contributed by atoms with Crippen LogP contribution in [0.15, 0.2) is 11.0 Å². The summed E-state index contributed by atoms with van der Waals surface area (Å²) >= 11 is 3.16. The van der Waals surface area contributed by atoms with Gasteiger partial charge in [-0.05, 0) is 25.8 Å². The molecule has 2 N–H and O–H groups in total. The summed E-state index contributed by atoms with van der Waals surface area (Å²) in [7, 11) is -3.35. The highest BCUT2D eigenvalue weighted by atomic mass is 32.2. The van der Waals surface area contributed by atoms with Crippen molar-refractivity contribution in [3.05, 3.63) is 15.8 Å². The number of nitrogens with one attached hydrogen (secondary N) is 2. The average Bonchev–Trinajstić information content (AvgIpc) is 2.69. The van der Waals surface area contributed by atoms with Crippen LogP contribution in [0.5, 0.6) is 0 Å². The second-order valence-corrected chi connectivity index (χ2v) is 7.87. The minimum Gasteiger partial charge on any atom is -0.312 e. The Labute approximate surface area is 118 Å². The molecule has 1 rings (SSSR count). The van der Waals surface area contributed by atoms with E-state index in [9.17, 15) is 8.42 Å². The Kier molecular flexibility index (Phi) is 6.65. The number of aryl methyl sites for hydroxylation is 1. The minimum atomic E-state index is -3.35. The van der Waals surface area contributed by atoms with Gasteiger partial charge in [-0.3, -0.25) is 0 Å². The largest absolute Gasteiger partial charge is 0.312 e. The van der Waals surface area contributed by atoms with Crippen LogP contribution >= 0.6 is 23.1 Å². The number of sulfonamides is 1. The second kappa shape index (κ2) is 7.49. The van der Waals surface area contributed by atoms with Gasteiger partial charge in [-0.1, -0.05) is 6.92 Å². The Bertz CT molecular complexity index is 469. The van der Waals surface area contributed by atoms with E-state index in [4.69, 9.17) is 0 Å². The third-order valence-electron chi connectivity index (χ3n) is 2.36. The molecule has 1 heterocycles. The molecule has 0 radical (unpaired) electrons. The van der Waals surface area contributed by atoms with Crippen LogP contribution in [0.2, 0.25) is 0 Å². The SMILES string of the molecule is CCNCc1cc(S(=O)(=O)NCCSC)c(C)s1. The molecule has 18 heavy (non-hydrogen) atoms. The van der Waals surface area contributed by atoms with E-state index < -0.39 is 10.0 Å². The van der Waals surface area contributed by atoms with Crippen molar-refractivity contribution < 1.29 is 8.42 Å². The van der Waals surface area contributed by atoms with E-state index in [-0.39, 0.29) is 0 Å². The molecule has 0 spiro atoms. The first-order valence-electron chi connectivity index (χ1n) is 5.80. The van der Waals surface area contributed by atoms with Gasteiger partial charge < -0.3 is 5.32 Å². The Balaban J connectivity index is 2.78. The van der Waals surface area contributed by atoms with Crippen LogP contribution in [-0.2, 0) is 16.6 Å². The summed E-state index contributed by atoms with van der Waals surface area (Å²) < 4.78 is 26.8. The highest BCUT2D eigenvalue weighted by Gasteiger charge is 2.19. The molecule has 0 aliphatic heterocycles. The van der Waals surface area contributed by atoms with Gasteiger partial charge in [-0.2, -0.15) is 11.8 Å². The zero-order valence-corrected chi connectivity index (χ0v) is 13.4. The van der Waals surface area contributed by atoms with Crippen molar-refractivity contribution in [1.82, 2.24) is 10.0 Å². The topological polar surface area (TPSA) is 58.2 Å². The average molecular weight is 308 g/mol. The summed E-state index contributed by atoms with van der Waals surface area (Å²) in [5.41, 5.74) is 0. The monoisotopic (exact) mass is 308 g/mol. The molecular weight excluding hydrogens is 288 g/mol. The normalized spacial score (nSPS) is 11.9. The van der Waals surface area contributed by atoms with Gasteiger partial charge in [0.1, 0.15) is 0 Å². The second-order valence-electron chi connectivity index (χ2n) is 3.80. The molecule has 1 aromatic heterocycles. The van der Waals surface area contributed by atoms with Crippen molar-refractivity contribution >= 4 is 33.1 Å². The summed E-state index contributed by atoms with van der Waals surface area (Å²) in [6.07, 6.45) is 1.96. The Morgan fingerprint density at radius 1 is 1.44 bits per heavy atom. The molecule has 4 nitrogen and oxygen atoms in total. The van der Waals surface area contributed by atoms with Crippen molar-refractivity contribution in [1.29, 1.82) is 0 Å². The maximum atomic E-state index is 12.1. The van der Waals surface area contributed by atoms with Gasteiger partial charge in [0.2, 0.25) is 10.0 Å². The van der Waals surface area contributed by atoms with Crippen LogP contribution in [0.4, 0.5) is 0 Å². The van der Waals surface area contributed by atoms with Gasteiger partial charge in [0.15, 0.2) is 0 Å². The van der Waals surface area contributed by atoms with Crippen molar-refractivity contribution in [2.24, 2.45) is 0 Å². The number of thiophene rings is 1. The molecule has 7 heteroatoms. The van der Waals surface area contributed by atoms with Crippen LogP contribution in [0, 0.1) is 6.92 Å². The van der Waals surface area contributed by atoms with E-state index in [0.717, 1.165) is 28.6 Å². The molecule has 0 bridgehead atoms. The van der Waals surface area contributed by atoms with E-state index in [2.05, 4.69) is 10.0 Å². The molecule has 0 saturated heterocycles. The lowest BCUT2D eigenvalue weighted by Crippen LogP contribution is -2.26. The smallest absolute Gasteiger partial charge is 0.241 e. The first-order chi connectivity index (χ1) is 8.51. The predicted octanol–water partition coefficient (Wildman–Crippen LogP) is 1.81. The number of hydrogen-bond acceptors (Lipinski definition) is 5. The highest BCUT2D eigenvalue weighted by molar-refractivity contribution is 7.98. The van der Waals surface area contributed by atoms with E-state index >= 15 is 0 Å². The molecule has 0 aliphatic rings. The Morgan fingerprint density at radius 2 is 2.17 bits per heavy atom. The van der Waals surface area contributed by atoms with Crippen molar-refractivity contribution in [3.63, 3.8) is 0 Å². The fourth-order valence-corrected chi connectivity index (χ4v) is 4.55. The Hall–Kier alpha value is -0.0800. The lowest BCUT2D eigenvalue weighted by Gasteiger charge is -2.04. The zero-order valence-electron chi connectivity index (χ0n) is 10.9. The molecule has 0 unspecified atom stereocenters. The van der Waals surface area contributed by atoms with Crippen molar-refractivity contribution in [3.8, 4) is 0 Å². The quantitative estimate of drug-likeness (QED) is 0.719. The van der Waals surface area contributed by atoms with Gasteiger partial charge in [-0.25, -0.2) is 13.1 Å². The summed E-state index contributed by atoms with van der Waals surface area (Å²) in [6.45, 7) is 5.96. The standard InChI is InChI=1S/C11H20N2O2S3/c1-4-12-8-10-7-11(9(2)17-10)18(14,15)13-5-6-16-3/h7,12-13H,4-6,8H2,1-3H3. The molecular formula is C11H20N2O2S3. The van der Waals surface area contributed by atoms with E-state index in [1.54, 1.807) is 17.8 Å². The fourth-order valence-electron chi connectivity index (χ4n) is 1.48. The van der Waals surface area contributed by atoms with Gasteiger partial charge in [0, 0.05) is 28.6 Å². The molecule has 0 saturated carbocycles. The number of hydrogen-bond donors (Lipinski definition) is 2. The Morgan fingerprint density at radius 3 is 2.78 bits per heavy atom. The van der Waals surface area contributed by atoms with E-state index in [1.165, 1.54) is 11.3 Å². The van der Waals surface area contributed by atoms with Crippen LogP contribution in [0.3, 0.4) is 0 Å². The number of thioether (sulfide) groups is 1. The summed E-state index contributed by atoms with van der Waals surface area (Å²) in [4.78, 5) is 2.32. The van der Waals surface area contributed by atoms with Gasteiger partial charge in [0.05, 0.1) is 4.90 Å². The zero-order chi connectivity index (χ0) is 13.6. The lowest BCUT2D eigenvalue weighted by atomic mass is 10.4. The molecule has 104 valence electrons. The third-order valence-corrected chi connectivity index (χ3v) is 5.74. The first kappa shape index (κ1) is 16.0. The van der Waals surface area contributed by atoms with Crippen molar-refractivity contribution in [2.75, 3.05) is 25.1 Å². The third kappa shape index (κ3) is 4.55. The highest BCUT2D eigenvalue weighted by Crippen LogP contribution is 2.25. The van der Waals surface area contributed by atoms with Gasteiger partial charge in [0.25, 0.3) is 0 Å². The predicted molar refractivity (Wildman–Crippen MR) is 80.0 cm³/mol. The number of rotatable bonds is 8.